The van der Waals surface area contributed by atoms with Gasteiger partial charge in [-0.2, -0.15) is 0 Å². The lowest BCUT2D eigenvalue weighted by Gasteiger charge is -2.29. The van der Waals surface area contributed by atoms with Crippen LogP contribution >= 0.6 is 0 Å². The van der Waals surface area contributed by atoms with Crippen molar-refractivity contribution >= 4 is 15.7 Å². The number of anilines is 1. The molecule has 28 heavy (non-hydrogen) atoms. The summed E-state index contributed by atoms with van der Waals surface area (Å²) in [6, 6.07) is 12.3. The van der Waals surface area contributed by atoms with Gasteiger partial charge in [-0.1, -0.05) is 31.5 Å². The second kappa shape index (κ2) is 8.84. The molecule has 0 unspecified atom stereocenters. The molecule has 2 aromatic rings. The molecule has 7 heteroatoms. The Hall–Kier alpha value is -2.25. The number of rotatable bonds is 8. The first-order chi connectivity index (χ1) is 13.5. The van der Waals surface area contributed by atoms with E-state index in [9.17, 15) is 8.42 Å². The average Bonchev–Trinajstić information content (AvgIpc) is 2.71. The highest BCUT2D eigenvalue weighted by Gasteiger charge is 2.26. The molecular weight excluding hydrogens is 376 g/mol. The fourth-order valence-electron chi connectivity index (χ4n) is 3.18. The number of hydrogen-bond donors (Lipinski definition) is 0. The van der Waals surface area contributed by atoms with Gasteiger partial charge in [0, 0.05) is 19.2 Å². The van der Waals surface area contributed by atoms with E-state index in [0.717, 1.165) is 18.7 Å². The molecule has 3 rings (SSSR count). The van der Waals surface area contributed by atoms with Crippen LogP contribution in [0.25, 0.3) is 0 Å². The van der Waals surface area contributed by atoms with Crippen molar-refractivity contribution in [2.75, 3.05) is 43.7 Å². The van der Waals surface area contributed by atoms with E-state index in [-0.39, 0.29) is 4.90 Å². The summed E-state index contributed by atoms with van der Waals surface area (Å²) in [7, 11) is -3.70. The normalized spacial score (nSPS) is 13.6. The van der Waals surface area contributed by atoms with Crippen molar-refractivity contribution in [1.29, 1.82) is 0 Å². The Bertz CT molecular complexity index is 893. The Kier molecular flexibility index (Phi) is 6.46. The molecule has 0 fully saturated rings. The van der Waals surface area contributed by atoms with Crippen LogP contribution in [0.15, 0.2) is 47.4 Å². The molecule has 2 aromatic carbocycles. The van der Waals surface area contributed by atoms with Gasteiger partial charge in [0.15, 0.2) is 11.5 Å². The minimum Gasteiger partial charge on any atom is -0.486 e. The van der Waals surface area contributed by atoms with Crippen molar-refractivity contribution < 1.29 is 17.9 Å². The summed E-state index contributed by atoms with van der Waals surface area (Å²) in [4.78, 5) is 2.49. The molecule has 0 aliphatic carbocycles. The molecule has 0 amide bonds. The van der Waals surface area contributed by atoms with Gasteiger partial charge >= 0.3 is 0 Å². The SMILES string of the molecule is CCN(CC)CCN(c1ccc2c(c1)OCCO2)S(=O)(=O)c1ccc(C)cc1. The number of benzene rings is 2. The Morgan fingerprint density at radius 2 is 1.54 bits per heavy atom. The third kappa shape index (κ3) is 4.42. The molecule has 0 spiro atoms. The van der Waals surface area contributed by atoms with Crippen LogP contribution in [-0.2, 0) is 10.0 Å². The smallest absolute Gasteiger partial charge is 0.264 e. The summed E-state index contributed by atoms with van der Waals surface area (Å²) < 4.78 is 39.6. The first kappa shape index (κ1) is 20.5. The molecule has 0 atom stereocenters. The highest BCUT2D eigenvalue weighted by Crippen LogP contribution is 2.35. The van der Waals surface area contributed by atoms with Crippen LogP contribution in [0.2, 0.25) is 0 Å². The maximum absolute atomic E-state index is 13.4. The van der Waals surface area contributed by atoms with Gasteiger partial charge in [-0.3, -0.25) is 4.31 Å². The highest BCUT2D eigenvalue weighted by molar-refractivity contribution is 7.92. The topological polar surface area (TPSA) is 59.1 Å². The molecule has 1 aliphatic heterocycles. The number of likely N-dealkylation sites (N-methyl/N-ethyl adjacent to an activating group) is 1. The van der Waals surface area contributed by atoms with E-state index >= 15 is 0 Å². The average molecular weight is 405 g/mol. The first-order valence-electron chi connectivity index (χ1n) is 9.67. The van der Waals surface area contributed by atoms with Crippen LogP contribution in [-0.4, -0.2) is 52.7 Å². The lowest BCUT2D eigenvalue weighted by Crippen LogP contribution is -2.39. The van der Waals surface area contributed by atoms with Gasteiger partial charge < -0.3 is 14.4 Å². The molecule has 0 N–H and O–H groups in total. The van der Waals surface area contributed by atoms with Crippen molar-refractivity contribution in [2.45, 2.75) is 25.7 Å². The second-order valence-electron chi connectivity index (χ2n) is 6.75. The van der Waals surface area contributed by atoms with Crippen LogP contribution in [0.4, 0.5) is 5.69 Å². The van der Waals surface area contributed by atoms with E-state index in [0.29, 0.717) is 43.5 Å². The second-order valence-corrected chi connectivity index (χ2v) is 8.61. The number of nitrogens with zero attached hydrogens (tertiary/aromatic N) is 2. The Balaban J connectivity index is 1.98. The quantitative estimate of drug-likeness (QED) is 0.676. The fourth-order valence-corrected chi connectivity index (χ4v) is 4.63. The summed E-state index contributed by atoms with van der Waals surface area (Å²) >= 11 is 0. The van der Waals surface area contributed by atoms with Crippen molar-refractivity contribution in [2.24, 2.45) is 0 Å². The third-order valence-electron chi connectivity index (χ3n) is 4.94. The molecule has 0 bridgehead atoms. The minimum absolute atomic E-state index is 0.285. The molecule has 1 heterocycles. The summed E-state index contributed by atoms with van der Waals surface area (Å²) in [6.07, 6.45) is 0. The van der Waals surface area contributed by atoms with Crippen LogP contribution in [0.5, 0.6) is 11.5 Å². The monoisotopic (exact) mass is 404 g/mol. The molecule has 0 saturated carbocycles. The van der Waals surface area contributed by atoms with Crippen LogP contribution in [0.3, 0.4) is 0 Å². The predicted molar refractivity (Wildman–Crippen MR) is 111 cm³/mol. The van der Waals surface area contributed by atoms with Gasteiger partial charge in [0.2, 0.25) is 0 Å². The fraction of sp³-hybridized carbons (Fsp3) is 0.429. The van der Waals surface area contributed by atoms with Gasteiger partial charge in [0.05, 0.1) is 10.6 Å². The number of sulfonamides is 1. The zero-order valence-corrected chi connectivity index (χ0v) is 17.5. The molecule has 0 aromatic heterocycles. The third-order valence-corrected chi connectivity index (χ3v) is 6.78. The van der Waals surface area contributed by atoms with E-state index in [2.05, 4.69) is 18.7 Å². The standard InChI is InChI=1S/C21H28N2O4S/c1-4-22(5-2)12-13-23(28(24,25)19-9-6-17(3)7-10-19)18-8-11-20-21(16-18)27-15-14-26-20/h6-11,16H,4-5,12-15H2,1-3H3. The Labute approximate surface area is 167 Å². The predicted octanol–water partition coefficient (Wildman–Crippen LogP) is 3.30. The molecule has 152 valence electrons. The van der Waals surface area contributed by atoms with E-state index in [1.807, 2.05) is 19.1 Å². The molecule has 1 aliphatic rings. The molecule has 0 saturated heterocycles. The molecule has 0 radical (unpaired) electrons. The molecular formula is C21H28N2O4S. The van der Waals surface area contributed by atoms with Crippen molar-refractivity contribution in [1.82, 2.24) is 4.90 Å². The number of ether oxygens (including phenoxy) is 2. The first-order valence-corrected chi connectivity index (χ1v) is 11.1. The highest BCUT2D eigenvalue weighted by atomic mass is 32.2. The van der Waals surface area contributed by atoms with Crippen molar-refractivity contribution in [3.05, 3.63) is 48.0 Å². The van der Waals surface area contributed by atoms with Crippen LogP contribution < -0.4 is 13.8 Å². The number of hydrogen-bond acceptors (Lipinski definition) is 5. The van der Waals surface area contributed by atoms with Gasteiger partial charge in [-0.15, -0.1) is 0 Å². The van der Waals surface area contributed by atoms with Crippen LogP contribution in [0.1, 0.15) is 19.4 Å². The lowest BCUT2D eigenvalue weighted by atomic mass is 10.2. The van der Waals surface area contributed by atoms with E-state index in [1.165, 1.54) is 4.31 Å². The zero-order chi connectivity index (χ0) is 20.1. The number of aryl methyl sites for hydroxylation is 1. The number of fused-ring (bicyclic) bond motifs is 1. The molecule has 6 nitrogen and oxygen atoms in total. The summed E-state index contributed by atoms with van der Waals surface area (Å²) in [5.41, 5.74) is 1.60. The van der Waals surface area contributed by atoms with Gasteiger partial charge in [0.25, 0.3) is 10.0 Å². The van der Waals surface area contributed by atoms with Crippen LogP contribution in [0, 0.1) is 6.92 Å². The largest absolute Gasteiger partial charge is 0.486 e. The summed E-state index contributed by atoms with van der Waals surface area (Å²) in [5.74, 6) is 1.22. The van der Waals surface area contributed by atoms with E-state index in [4.69, 9.17) is 9.47 Å². The Morgan fingerprint density at radius 3 is 2.18 bits per heavy atom. The van der Waals surface area contributed by atoms with Crippen molar-refractivity contribution in [3.63, 3.8) is 0 Å². The maximum atomic E-state index is 13.4. The van der Waals surface area contributed by atoms with E-state index in [1.54, 1.807) is 30.3 Å². The van der Waals surface area contributed by atoms with Crippen molar-refractivity contribution in [3.8, 4) is 11.5 Å². The Morgan fingerprint density at radius 1 is 0.893 bits per heavy atom. The summed E-state index contributed by atoms with van der Waals surface area (Å²) in [6.45, 7) is 9.80. The lowest BCUT2D eigenvalue weighted by molar-refractivity contribution is 0.171. The van der Waals surface area contributed by atoms with Gasteiger partial charge in [-0.05, 0) is 44.3 Å². The zero-order valence-electron chi connectivity index (χ0n) is 16.7. The van der Waals surface area contributed by atoms with Gasteiger partial charge in [0.1, 0.15) is 13.2 Å². The minimum atomic E-state index is -3.70. The summed E-state index contributed by atoms with van der Waals surface area (Å²) in [5, 5.41) is 0. The maximum Gasteiger partial charge on any atom is 0.264 e. The van der Waals surface area contributed by atoms with E-state index < -0.39 is 10.0 Å². The van der Waals surface area contributed by atoms with Gasteiger partial charge in [-0.25, -0.2) is 8.42 Å².